The monoisotopic (exact) mass is 447 g/mol. The lowest BCUT2D eigenvalue weighted by atomic mass is 9.97. The van der Waals surface area contributed by atoms with Gasteiger partial charge in [0.15, 0.2) is 11.8 Å². The number of aromatic nitrogens is 3. The quantitative estimate of drug-likeness (QED) is 0.421. The summed E-state index contributed by atoms with van der Waals surface area (Å²) in [6.45, 7) is 8.89. The number of aliphatic carboxylic acids is 1. The Labute approximate surface area is 191 Å². The molecule has 0 aliphatic heterocycles. The molecule has 2 heterocycles. The summed E-state index contributed by atoms with van der Waals surface area (Å²) < 4.78 is 22.6. The molecule has 0 aliphatic carbocycles. The highest BCUT2D eigenvalue weighted by atomic mass is 19.1. The first kappa shape index (κ1) is 22.6. The van der Waals surface area contributed by atoms with Gasteiger partial charge in [-0.15, -0.1) is 0 Å². The van der Waals surface area contributed by atoms with Gasteiger partial charge in [-0.2, -0.15) is 5.10 Å². The molecule has 2 aromatic carbocycles. The normalized spacial score (nSPS) is 12.8. The van der Waals surface area contributed by atoms with Crippen molar-refractivity contribution in [3.8, 4) is 22.5 Å². The number of benzene rings is 2. The predicted molar refractivity (Wildman–Crippen MR) is 125 cm³/mol. The SMILES string of the molecule is Cc1ccc(F)c(-c2c(C(OC(C)(C)C)C(=O)O)c(C)nc3cc(-c4ccccc4)nn23)c1. The number of halogens is 1. The van der Waals surface area contributed by atoms with Crippen molar-refractivity contribution in [3.05, 3.63) is 77.2 Å². The van der Waals surface area contributed by atoms with Crippen LogP contribution in [-0.4, -0.2) is 31.3 Å². The van der Waals surface area contributed by atoms with Gasteiger partial charge in [0.05, 0.1) is 17.0 Å². The molecule has 0 saturated carbocycles. The zero-order chi connectivity index (χ0) is 23.9. The van der Waals surface area contributed by atoms with Crippen molar-refractivity contribution in [3.63, 3.8) is 0 Å². The highest BCUT2D eigenvalue weighted by molar-refractivity contribution is 5.81. The first-order chi connectivity index (χ1) is 15.5. The molecule has 4 rings (SSSR count). The van der Waals surface area contributed by atoms with E-state index in [1.165, 1.54) is 10.6 Å². The number of aryl methyl sites for hydroxylation is 2. The first-order valence-corrected chi connectivity index (χ1v) is 10.7. The van der Waals surface area contributed by atoms with Crippen LogP contribution in [0.5, 0.6) is 0 Å². The van der Waals surface area contributed by atoms with Crippen molar-refractivity contribution < 1.29 is 19.0 Å². The summed E-state index contributed by atoms with van der Waals surface area (Å²) in [5.74, 6) is -1.66. The van der Waals surface area contributed by atoms with E-state index < -0.39 is 23.5 Å². The number of nitrogens with zero attached hydrogens (tertiary/aromatic N) is 3. The maximum atomic E-state index is 15.2. The molecule has 0 saturated heterocycles. The second kappa shape index (κ2) is 8.41. The Morgan fingerprint density at radius 3 is 2.42 bits per heavy atom. The third-order valence-electron chi connectivity index (χ3n) is 5.23. The molecule has 0 fully saturated rings. The Kier molecular flexibility index (Phi) is 5.76. The summed E-state index contributed by atoms with van der Waals surface area (Å²) in [6, 6.07) is 16.1. The lowest BCUT2D eigenvalue weighted by Crippen LogP contribution is -2.29. The average molecular weight is 448 g/mol. The number of fused-ring (bicyclic) bond motifs is 1. The summed E-state index contributed by atoms with van der Waals surface area (Å²) in [6.07, 6.45) is -1.36. The van der Waals surface area contributed by atoms with Gasteiger partial charge in [0.25, 0.3) is 0 Å². The molecule has 7 heteroatoms. The number of carbonyl (C=O) groups is 1. The number of ether oxygens (including phenoxy) is 1. The van der Waals surface area contributed by atoms with Crippen LogP contribution >= 0.6 is 0 Å². The van der Waals surface area contributed by atoms with E-state index in [2.05, 4.69) is 4.98 Å². The van der Waals surface area contributed by atoms with E-state index in [1.807, 2.05) is 43.3 Å². The highest BCUT2D eigenvalue weighted by Gasteiger charge is 2.33. The van der Waals surface area contributed by atoms with Crippen LogP contribution in [0.4, 0.5) is 4.39 Å². The topological polar surface area (TPSA) is 76.7 Å². The van der Waals surface area contributed by atoms with Crippen molar-refractivity contribution in [2.45, 2.75) is 46.3 Å². The van der Waals surface area contributed by atoms with E-state index in [1.54, 1.807) is 39.8 Å². The molecule has 0 aliphatic rings. The predicted octanol–water partition coefficient (Wildman–Crippen LogP) is 5.76. The van der Waals surface area contributed by atoms with Crippen LogP contribution in [-0.2, 0) is 9.53 Å². The molecule has 0 amide bonds. The van der Waals surface area contributed by atoms with Gasteiger partial charge < -0.3 is 9.84 Å². The van der Waals surface area contributed by atoms with Gasteiger partial charge >= 0.3 is 5.97 Å². The van der Waals surface area contributed by atoms with Gasteiger partial charge in [0.1, 0.15) is 5.82 Å². The molecule has 2 aromatic heterocycles. The van der Waals surface area contributed by atoms with E-state index in [-0.39, 0.29) is 11.1 Å². The maximum Gasteiger partial charge on any atom is 0.337 e. The second-order valence-electron chi connectivity index (χ2n) is 9.06. The number of hydrogen-bond acceptors (Lipinski definition) is 4. The van der Waals surface area contributed by atoms with Crippen LogP contribution in [0.3, 0.4) is 0 Å². The van der Waals surface area contributed by atoms with Gasteiger partial charge in [0.2, 0.25) is 0 Å². The van der Waals surface area contributed by atoms with Gasteiger partial charge in [-0.25, -0.2) is 18.7 Å². The van der Waals surface area contributed by atoms with E-state index in [0.717, 1.165) is 11.1 Å². The van der Waals surface area contributed by atoms with Crippen molar-refractivity contribution in [1.82, 2.24) is 14.6 Å². The molecule has 33 heavy (non-hydrogen) atoms. The number of rotatable bonds is 5. The van der Waals surface area contributed by atoms with Gasteiger partial charge in [-0.1, -0.05) is 42.0 Å². The molecule has 0 spiro atoms. The van der Waals surface area contributed by atoms with Gasteiger partial charge in [-0.3, -0.25) is 0 Å². The molecular weight excluding hydrogens is 421 g/mol. The third-order valence-corrected chi connectivity index (χ3v) is 5.23. The molecule has 0 radical (unpaired) electrons. The van der Waals surface area contributed by atoms with Gasteiger partial charge in [0, 0.05) is 28.5 Å². The summed E-state index contributed by atoms with van der Waals surface area (Å²) in [5.41, 5.74) is 3.36. The summed E-state index contributed by atoms with van der Waals surface area (Å²) in [5, 5.41) is 14.8. The fourth-order valence-electron chi connectivity index (χ4n) is 3.86. The summed E-state index contributed by atoms with van der Waals surface area (Å²) in [7, 11) is 0. The van der Waals surface area contributed by atoms with Crippen LogP contribution in [0.2, 0.25) is 0 Å². The number of hydrogen-bond donors (Lipinski definition) is 1. The fourth-order valence-corrected chi connectivity index (χ4v) is 3.86. The minimum absolute atomic E-state index is 0.243. The number of carboxylic acid groups (broad SMARTS) is 1. The summed E-state index contributed by atoms with van der Waals surface area (Å²) in [4.78, 5) is 17.0. The van der Waals surface area contributed by atoms with Crippen LogP contribution in [0.1, 0.15) is 43.7 Å². The fraction of sp³-hybridized carbons (Fsp3) is 0.269. The molecule has 1 N–H and O–H groups in total. The minimum atomic E-state index is -1.36. The van der Waals surface area contributed by atoms with E-state index in [0.29, 0.717) is 22.7 Å². The second-order valence-corrected chi connectivity index (χ2v) is 9.06. The number of carboxylic acids is 1. The minimum Gasteiger partial charge on any atom is -0.479 e. The molecule has 4 aromatic rings. The molecule has 0 bridgehead atoms. The zero-order valence-electron chi connectivity index (χ0n) is 19.3. The largest absolute Gasteiger partial charge is 0.479 e. The highest BCUT2D eigenvalue weighted by Crippen LogP contribution is 2.37. The smallest absolute Gasteiger partial charge is 0.337 e. The van der Waals surface area contributed by atoms with Crippen molar-refractivity contribution >= 4 is 11.6 Å². The van der Waals surface area contributed by atoms with Crippen LogP contribution in [0.15, 0.2) is 54.6 Å². The Hall–Kier alpha value is -3.58. The Bertz CT molecular complexity index is 1340. The Morgan fingerprint density at radius 1 is 1.09 bits per heavy atom. The van der Waals surface area contributed by atoms with Gasteiger partial charge in [-0.05, 0) is 46.8 Å². The van der Waals surface area contributed by atoms with Crippen molar-refractivity contribution in [2.24, 2.45) is 0 Å². The Morgan fingerprint density at radius 2 is 1.79 bits per heavy atom. The first-order valence-electron chi connectivity index (χ1n) is 10.7. The zero-order valence-corrected chi connectivity index (χ0v) is 19.3. The van der Waals surface area contributed by atoms with Crippen molar-refractivity contribution in [2.75, 3.05) is 0 Å². The van der Waals surface area contributed by atoms with E-state index >= 15 is 4.39 Å². The molecular formula is C26H26FN3O3. The van der Waals surface area contributed by atoms with Crippen LogP contribution in [0, 0.1) is 19.7 Å². The molecule has 1 atom stereocenters. The average Bonchev–Trinajstić information content (AvgIpc) is 3.16. The van der Waals surface area contributed by atoms with E-state index in [4.69, 9.17) is 9.84 Å². The van der Waals surface area contributed by atoms with Crippen LogP contribution < -0.4 is 0 Å². The third kappa shape index (κ3) is 4.50. The van der Waals surface area contributed by atoms with E-state index in [9.17, 15) is 9.90 Å². The standard InChI is InChI=1S/C26H26FN3O3/c1-15-11-12-19(27)18(13-15)23-22(24(25(31)32)33-26(3,4)5)16(2)28-21-14-20(29-30(21)23)17-9-7-6-8-10-17/h6-14,24H,1-5H3,(H,31,32). The summed E-state index contributed by atoms with van der Waals surface area (Å²) >= 11 is 0. The van der Waals surface area contributed by atoms with Crippen molar-refractivity contribution in [1.29, 1.82) is 0 Å². The maximum absolute atomic E-state index is 15.2. The molecule has 170 valence electrons. The Balaban J connectivity index is 2.09. The molecule has 1 unspecified atom stereocenters. The lowest BCUT2D eigenvalue weighted by molar-refractivity contribution is -0.160. The van der Waals surface area contributed by atoms with Crippen LogP contribution in [0.25, 0.3) is 28.2 Å². The lowest BCUT2D eigenvalue weighted by Gasteiger charge is -2.27. The molecule has 6 nitrogen and oxygen atoms in total.